The standard InChI is InChI=1S/C19H24N2O3/c1-19(2)14(12-18(23)24)11-16(19)20-17(22)8-10-21-9-7-13-5-3-4-6-15(13)21/h3-7,9,14,16H,8,10-12H2,1-2H3,(H,20,22)(H,23,24)/t14-,16-/m1/s1. The second-order valence-corrected chi connectivity index (χ2v) is 7.29. The highest BCUT2D eigenvalue weighted by Crippen LogP contribution is 2.48. The van der Waals surface area contributed by atoms with Gasteiger partial charge >= 0.3 is 5.97 Å². The molecule has 0 spiro atoms. The predicted octanol–water partition coefficient (Wildman–Crippen LogP) is 3.04. The van der Waals surface area contributed by atoms with Crippen LogP contribution in [0.3, 0.4) is 0 Å². The summed E-state index contributed by atoms with van der Waals surface area (Å²) in [5.74, 6) is -0.606. The maximum atomic E-state index is 12.3. The van der Waals surface area contributed by atoms with Crippen LogP contribution in [0.1, 0.15) is 33.1 Å². The molecule has 1 aliphatic rings. The quantitative estimate of drug-likeness (QED) is 0.856. The Bertz CT molecular complexity index is 763. The molecule has 2 aromatic rings. The average molecular weight is 328 g/mol. The lowest BCUT2D eigenvalue weighted by Crippen LogP contribution is -2.58. The molecule has 1 fully saturated rings. The molecular formula is C19H24N2O3. The minimum atomic E-state index is -0.766. The Morgan fingerprint density at radius 1 is 1.29 bits per heavy atom. The van der Waals surface area contributed by atoms with Crippen LogP contribution in [0.15, 0.2) is 36.5 Å². The molecule has 3 rings (SSSR count). The van der Waals surface area contributed by atoms with E-state index in [-0.39, 0.29) is 29.7 Å². The van der Waals surface area contributed by atoms with Crippen LogP contribution >= 0.6 is 0 Å². The molecule has 1 aromatic heterocycles. The zero-order valence-corrected chi connectivity index (χ0v) is 14.2. The highest BCUT2D eigenvalue weighted by molar-refractivity contribution is 5.80. The normalized spacial score (nSPS) is 22.1. The molecular weight excluding hydrogens is 304 g/mol. The van der Waals surface area contributed by atoms with Gasteiger partial charge in [-0.25, -0.2) is 0 Å². The Morgan fingerprint density at radius 3 is 2.75 bits per heavy atom. The molecule has 0 unspecified atom stereocenters. The van der Waals surface area contributed by atoms with E-state index in [2.05, 4.69) is 28.1 Å². The van der Waals surface area contributed by atoms with Crippen molar-refractivity contribution in [2.24, 2.45) is 11.3 Å². The second kappa shape index (κ2) is 6.30. The van der Waals surface area contributed by atoms with Gasteiger partial charge in [-0.05, 0) is 35.3 Å². The first-order valence-electron chi connectivity index (χ1n) is 8.43. The summed E-state index contributed by atoms with van der Waals surface area (Å²) < 4.78 is 2.09. The van der Waals surface area contributed by atoms with Gasteiger partial charge in [-0.15, -0.1) is 0 Å². The number of aromatic nitrogens is 1. The SMILES string of the molecule is CC1(C)[C@@H](CC(=O)O)C[C@H]1NC(=O)CCn1ccc2ccccc21. The van der Waals surface area contributed by atoms with Gasteiger partial charge in [0.05, 0.1) is 0 Å². The van der Waals surface area contributed by atoms with E-state index in [0.29, 0.717) is 13.0 Å². The Balaban J connectivity index is 1.53. The lowest BCUT2D eigenvalue weighted by molar-refractivity contribution is -0.142. The van der Waals surface area contributed by atoms with E-state index >= 15 is 0 Å². The molecule has 1 aromatic carbocycles. The number of benzene rings is 1. The summed E-state index contributed by atoms with van der Waals surface area (Å²) in [6.45, 7) is 4.72. The number of nitrogens with one attached hydrogen (secondary N) is 1. The number of carbonyl (C=O) groups excluding carboxylic acids is 1. The second-order valence-electron chi connectivity index (χ2n) is 7.29. The number of aliphatic carboxylic acids is 1. The summed E-state index contributed by atoms with van der Waals surface area (Å²) in [6, 6.07) is 10.2. The van der Waals surface area contributed by atoms with E-state index in [1.807, 2.05) is 32.2 Å². The molecule has 128 valence electrons. The summed E-state index contributed by atoms with van der Waals surface area (Å²) >= 11 is 0. The topological polar surface area (TPSA) is 71.3 Å². The first kappa shape index (κ1) is 16.6. The van der Waals surface area contributed by atoms with Crippen LogP contribution in [0.25, 0.3) is 10.9 Å². The molecule has 0 bridgehead atoms. The lowest BCUT2D eigenvalue weighted by atomic mass is 9.57. The number of carbonyl (C=O) groups is 2. The number of rotatable bonds is 6. The van der Waals surface area contributed by atoms with Gasteiger partial charge in [0.2, 0.25) is 5.91 Å². The first-order valence-corrected chi connectivity index (χ1v) is 8.43. The number of carboxylic acid groups (broad SMARTS) is 1. The van der Waals surface area contributed by atoms with Crippen molar-refractivity contribution in [2.75, 3.05) is 0 Å². The van der Waals surface area contributed by atoms with Gasteiger partial charge in [0, 0.05) is 37.1 Å². The summed E-state index contributed by atoms with van der Waals surface area (Å²) in [7, 11) is 0. The summed E-state index contributed by atoms with van der Waals surface area (Å²) in [5.41, 5.74) is 0.976. The van der Waals surface area contributed by atoms with Crippen LogP contribution in [0, 0.1) is 11.3 Å². The maximum absolute atomic E-state index is 12.3. The van der Waals surface area contributed by atoms with Gasteiger partial charge in [-0.3, -0.25) is 9.59 Å². The van der Waals surface area contributed by atoms with Crippen molar-refractivity contribution >= 4 is 22.8 Å². The Labute approximate surface area is 141 Å². The largest absolute Gasteiger partial charge is 0.481 e. The van der Waals surface area contributed by atoms with Crippen LogP contribution in [-0.4, -0.2) is 27.6 Å². The number of fused-ring (bicyclic) bond motifs is 1. The van der Waals surface area contributed by atoms with E-state index in [1.165, 1.54) is 5.39 Å². The lowest BCUT2D eigenvalue weighted by Gasteiger charge is -2.52. The van der Waals surface area contributed by atoms with Crippen molar-refractivity contribution in [3.05, 3.63) is 36.5 Å². The van der Waals surface area contributed by atoms with Gasteiger partial charge < -0.3 is 15.0 Å². The first-order chi connectivity index (χ1) is 11.4. The van der Waals surface area contributed by atoms with Crippen molar-refractivity contribution in [1.29, 1.82) is 0 Å². The molecule has 0 saturated heterocycles. The fraction of sp³-hybridized carbons (Fsp3) is 0.474. The van der Waals surface area contributed by atoms with Gasteiger partial charge in [-0.1, -0.05) is 32.0 Å². The van der Waals surface area contributed by atoms with Gasteiger partial charge in [0.25, 0.3) is 0 Å². The van der Waals surface area contributed by atoms with Crippen molar-refractivity contribution in [1.82, 2.24) is 9.88 Å². The zero-order chi connectivity index (χ0) is 17.3. The summed E-state index contributed by atoms with van der Waals surface area (Å²) in [5, 5.41) is 13.2. The Morgan fingerprint density at radius 2 is 2.04 bits per heavy atom. The minimum Gasteiger partial charge on any atom is -0.481 e. The van der Waals surface area contributed by atoms with Crippen molar-refractivity contribution in [3.63, 3.8) is 0 Å². The number of hydrogen-bond acceptors (Lipinski definition) is 2. The molecule has 24 heavy (non-hydrogen) atoms. The number of amides is 1. The fourth-order valence-electron chi connectivity index (χ4n) is 3.64. The van der Waals surface area contributed by atoms with Gasteiger partial charge in [0.1, 0.15) is 0 Å². The molecule has 2 N–H and O–H groups in total. The molecule has 1 heterocycles. The molecule has 0 radical (unpaired) electrons. The third kappa shape index (κ3) is 3.16. The Hall–Kier alpha value is -2.30. The van der Waals surface area contributed by atoms with Gasteiger partial charge in [0.15, 0.2) is 0 Å². The van der Waals surface area contributed by atoms with Crippen LogP contribution in [0.4, 0.5) is 0 Å². The summed E-state index contributed by atoms with van der Waals surface area (Å²) in [6.07, 6.45) is 3.36. The van der Waals surface area contributed by atoms with E-state index in [9.17, 15) is 9.59 Å². The smallest absolute Gasteiger partial charge is 0.303 e. The number of para-hydroxylation sites is 1. The van der Waals surface area contributed by atoms with E-state index in [1.54, 1.807) is 0 Å². The predicted molar refractivity (Wildman–Crippen MR) is 92.6 cm³/mol. The third-order valence-electron chi connectivity index (χ3n) is 5.49. The number of carboxylic acids is 1. The zero-order valence-electron chi connectivity index (χ0n) is 14.2. The molecule has 1 saturated carbocycles. The third-order valence-corrected chi connectivity index (χ3v) is 5.49. The highest BCUT2D eigenvalue weighted by atomic mass is 16.4. The van der Waals surface area contributed by atoms with Crippen LogP contribution < -0.4 is 5.32 Å². The van der Waals surface area contributed by atoms with E-state index in [0.717, 1.165) is 11.9 Å². The van der Waals surface area contributed by atoms with Crippen LogP contribution in [0.2, 0.25) is 0 Å². The Kier molecular flexibility index (Phi) is 4.35. The highest BCUT2D eigenvalue weighted by Gasteiger charge is 2.49. The number of nitrogens with zero attached hydrogens (tertiary/aromatic N) is 1. The van der Waals surface area contributed by atoms with Crippen molar-refractivity contribution in [3.8, 4) is 0 Å². The number of aryl methyl sites for hydroxylation is 1. The minimum absolute atomic E-state index is 0.0274. The van der Waals surface area contributed by atoms with Crippen LogP contribution in [-0.2, 0) is 16.1 Å². The van der Waals surface area contributed by atoms with E-state index in [4.69, 9.17) is 5.11 Å². The van der Waals surface area contributed by atoms with Crippen molar-refractivity contribution < 1.29 is 14.7 Å². The summed E-state index contributed by atoms with van der Waals surface area (Å²) in [4.78, 5) is 23.1. The molecule has 1 amide bonds. The number of hydrogen-bond donors (Lipinski definition) is 2. The van der Waals surface area contributed by atoms with Crippen molar-refractivity contribution in [2.45, 2.75) is 45.7 Å². The fourth-order valence-corrected chi connectivity index (χ4v) is 3.64. The molecule has 2 atom stereocenters. The molecule has 5 nitrogen and oxygen atoms in total. The van der Waals surface area contributed by atoms with E-state index < -0.39 is 5.97 Å². The van der Waals surface area contributed by atoms with Gasteiger partial charge in [-0.2, -0.15) is 0 Å². The maximum Gasteiger partial charge on any atom is 0.303 e. The monoisotopic (exact) mass is 328 g/mol. The molecule has 0 aliphatic heterocycles. The molecule has 5 heteroatoms. The average Bonchev–Trinajstić information content (AvgIpc) is 2.95. The van der Waals surface area contributed by atoms with Crippen LogP contribution in [0.5, 0.6) is 0 Å². The molecule has 1 aliphatic carbocycles.